The van der Waals surface area contributed by atoms with Gasteiger partial charge in [-0.1, -0.05) is 44.2 Å². The Morgan fingerprint density at radius 3 is 2.46 bits per heavy atom. The van der Waals surface area contributed by atoms with Crippen molar-refractivity contribution in [3.05, 3.63) is 48.0 Å². The number of amides is 3. The summed E-state index contributed by atoms with van der Waals surface area (Å²) in [5.41, 5.74) is 11.0. The first kappa shape index (κ1) is 29.5. The minimum atomic E-state index is -1.23. The third kappa shape index (κ3) is 7.75. The van der Waals surface area contributed by atoms with Crippen LogP contribution in [0.1, 0.15) is 49.9 Å². The Morgan fingerprint density at radius 2 is 1.79 bits per heavy atom. The Bertz CT molecular complexity index is 1230. The highest BCUT2D eigenvalue weighted by molar-refractivity contribution is 6.01. The number of benzene rings is 2. The topological polar surface area (TPSA) is 160 Å². The van der Waals surface area contributed by atoms with Crippen LogP contribution in [-0.2, 0) is 14.4 Å². The lowest BCUT2D eigenvalue weighted by atomic mass is 10.0. The van der Waals surface area contributed by atoms with E-state index in [1.54, 1.807) is 12.1 Å². The molecule has 3 atom stereocenters. The van der Waals surface area contributed by atoms with Gasteiger partial charge in [-0.15, -0.1) is 0 Å². The number of Topliss-reactive ketones (excluding diaryl/α,β-unsaturated/α-hetero) is 1. The third-order valence-corrected chi connectivity index (χ3v) is 6.85. The first-order valence-corrected chi connectivity index (χ1v) is 13.2. The monoisotopic (exact) mass is 540 g/mol. The standard InChI is InChI=1S/C28H37FN6O4/c1-17(2)24(34-25(37)20-12-11-18-7-3-4-8-19(18)15-20)27(39)35-14-6-10-22(35)26(38)33-21(23(36)16-29)9-5-13-32-28(30)31/h3-4,7-8,11-12,15,17,21-22,24H,5-6,9-10,13-14,16H2,1-2H3,(H,33,38)(H,34,37)(H4,30,31,32)/t21-,22-,24-/m0/s1. The number of nitrogens with two attached hydrogens (primary N) is 2. The summed E-state index contributed by atoms with van der Waals surface area (Å²) in [5, 5.41) is 7.36. The van der Waals surface area contributed by atoms with E-state index in [1.807, 2.05) is 44.2 Å². The lowest BCUT2D eigenvalue weighted by Crippen LogP contribution is -2.56. The van der Waals surface area contributed by atoms with E-state index >= 15 is 0 Å². The van der Waals surface area contributed by atoms with Crippen molar-refractivity contribution < 1.29 is 23.6 Å². The van der Waals surface area contributed by atoms with E-state index in [4.69, 9.17) is 11.5 Å². The highest BCUT2D eigenvalue weighted by Gasteiger charge is 2.39. The van der Waals surface area contributed by atoms with Gasteiger partial charge in [0.15, 0.2) is 11.7 Å². The molecule has 0 spiro atoms. The van der Waals surface area contributed by atoms with Crippen molar-refractivity contribution in [3.8, 4) is 0 Å². The first-order valence-electron chi connectivity index (χ1n) is 13.2. The van der Waals surface area contributed by atoms with Crippen molar-refractivity contribution in [1.82, 2.24) is 15.5 Å². The number of aliphatic imine (C=N–C) groups is 1. The number of fused-ring (bicyclic) bond motifs is 1. The highest BCUT2D eigenvalue weighted by Crippen LogP contribution is 2.22. The van der Waals surface area contributed by atoms with Crippen LogP contribution in [-0.4, -0.2) is 72.3 Å². The lowest BCUT2D eigenvalue weighted by molar-refractivity contribution is -0.141. The summed E-state index contributed by atoms with van der Waals surface area (Å²) < 4.78 is 13.2. The van der Waals surface area contributed by atoms with Crippen LogP contribution >= 0.6 is 0 Å². The smallest absolute Gasteiger partial charge is 0.251 e. The van der Waals surface area contributed by atoms with Gasteiger partial charge in [-0.25, -0.2) is 4.39 Å². The fraction of sp³-hybridized carbons (Fsp3) is 0.464. The molecule has 0 radical (unpaired) electrons. The van der Waals surface area contributed by atoms with Gasteiger partial charge in [-0.05, 0) is 54.5 Å². The van der Waals surface area contributed by atoms with Gasteiger partial charge in [0.2, 0.25) is 11.8 Å². The Hall–Kier alpha value is -4.02. The van der Waals surface area contributed by atoms with Gasteiger partial charge in [0.25, 0.3) is 5.91 Å². The molecular formula is C28H37FN6O4. The van der Waals surface area contributed by atoms with E-state index in [-0.39, 0.29) is 36.7 Å². The molecule has 210 valence electrons. The molecule has 1 aliphatic heterocycles. The maximum atomic E-state index is 13.6. The maximum absolute atomic E-state index is 13.6. The Morgan fingerprint density at radius 1 is 1.08 bits per heavy atom. The van der Waals surface area contributed by atoms with Crippen LogP contribution in [0.5, 0.6) is 0 Å². The number of carbonyl (C=O) groups excluding carboxylic acids is 4. The number of hydrogen-bond donors (Lipinski definition) is 4. The number of hydrogen-bond acceptors (Lipinski definition) is 5. The molecule has 0 aliphatic carbocycles. The molecular weight excluding hydrogens is 503 g/mol. The summed E-state index contributed by atoms with van der Waals surface area (Å²) in [5.74, 6) is -2.40. The average Bonchev–Trinajstić information content (AvgIpc) is 3.42. The molecule has 1 fully saturated rings. The summed E-state index contributed by atoms with van der Waals surface area (Å²) in [7, 11) is 0. The molecule has 0 saturated carbocycles. The number of likely N-dealkylation sites (tertiary alicyclic amines) is 1. The van der Waals surface area contributed by atoms with E-state index in [2.05, 4.69) is 15.6 Å². The van der Waals surface area contributed by atoms with Gasteiger partial charge in [0.05, 0.1) is 6.04 Å². The second-order valence-electron chi connectivity index (χ2n) is 10.1. The van der Waals surface area contributed by atoms with Crippen LogP contribution in [0.3, 0.4) is 0 Å². The van der Waals surface area contributed by atoms with Gasteiger partial charge in [0, 0.05) is 18.7 Å². The van der Waals surface area contributed by atoms with E-state index < -0.39 is 36.5 Å². The molecule has 2 aromatic rings. The van der Waals surface area contributed by atoms with Crippen molar-refractivity contribution in [1.29, 1.82) is 0 Å². The molecule has 10 nitrogen and oxygen atoms in total. The number of ketones is 1. The average molecular weight is 541 g/mol. The zero-order valence-corrected chi connectivity index (χ0v) is 22.4. The predicted molar refractivity (Wildman–Crippen MR) is 148 cm³/mol. The van der Waals surface area contributed by atoms with Crippen LogP contribution < -0.4 is 22.1 Å². The number of rotatable bonds is 12. The second kappa shape index (κ2) is 13.7. The Kier molecular flexibility index (Phi) is 10.4. The van der Waals surface area contributed by atoms with Gasteiger partial charge in [-0.2, -0.15) is 0 Å². The van der Waals surface area contributed by atoms with Crippen molar-refractivity contribution >= 4 is 40.2 Å². The molecule has 3 rings (SSSR count). The molecule has 11 heteroatoms. The molecule has 0 aromatic heterocycles. The molecule has 39 heavy (non-hydrogen) atoms. The Balaban J connectivity index is 1.69. The number of guanidine groups is 1. The summed E-state index contributed by atoms with van der Waals surface area (Å²) in [6.45, 7) is 2.98. The number of nitrogens with zero attached hydrogens (tertiary/aromatic N) is 2. The van der Waals surface area contributed by atoms with Gasteiger partial charge < -0.3 is 27.0 Å². The number of alkyl halides is 1. The van der Waals surface area contributed by atoms with Crippen molar-refractivity contribution in [2.45, 2.75) is 57.7 Å². The third-order valence-electron chi connectivity index (χ3n) is 6.85. The molecule has 0 unspecified atom stereocenters. The van der Waals surface area contributed by atoms with Crippen molar-refractivity contribution in [3.63, 3.8) is 0 Å². The predicted octanol–water partition coefficient (Wildman–Crippen LogP) is 1.66. The van der Waals surface area contributed by atoms with Crippen LogP contribution in [0.4, 0.5) is 4.39 Å². The fourth-order valence-electron chi connectivity index (χ4n) is 4.73. The van der Waals surface area contributed by atoms with Gasteiger partial charge in [0.1, 0.15) is 18.8 Å². The summed E-state index contributed by atoms with van der Waals surface area (Å²) >= 11 is 0. The highest BCUT2D eigenvalue weighted by atomic mass is 19.1. The Labute approximate surface area is 227 Å². The van der Waals surface area contributed by atoms with E-state index in [9.17, 15) is 23.6 Å². The van der Waals surface area contributed by atoms with Gasteiger partial charge >= 0.3 is 0 Å². The lowest BCUT2D eigenvalue weighted by Gasteiger charge is -2.31. The SMILES string of the molecule is CC(C)[C@H](NC(=O)c1ccc2ccccc2c1)C(=O)N1CCC[C@H]1C(=O)N[C@@H](CCCN=C(N)N)C(=O)CF. The first-order chi connectivity index (χ1) is 18.6. The largest absolute Gasteiger partial charge is 0.370 e. The van der Waals surface area contributed by atoms with Gasteiger partial charge in [-0.3, -0.25) is 24.2 Å². The summed E-state index contributed by atoms with van der Waals surface area (Å²) in [4.78, 5) is 57.3. The van der Waals surface area contributed by atoms with Crippen molar-refractivity contribution in [2.75, 3.05) is 19.8 Å². The zero-order chi connectivity index (χ0) is 28.5. The minimum absolute atomic E-state index is 0.0973. The van der Waals surface area contributed by atoms with Crippen molar-refractivity contribution in [2.24, 2.45) is 22.4 Å². The fourth-order valence-corrected chi connectivity index (χ4v) is 4.73. The van der Waals surface area contributed by atoms with Crippen LogP contribution in [0, 0.1) is 5.92 Å². The molecule has 6 N–H and O–H groups in total. The minimum Gasteiger partial charge on any atom is -0.370 e. The number of carbonyl (C=O) groups is 4. The van der Waals surface area contributed by atoms with Crippen LogP contribution in [0.25, 0.3) is 10.8 Å². The normalized spacial score (nSPS) is 16.5. The molecule has 1 aliphatic rings. The number of nitrogens with one attached hydrogen (secondary N) is 2. The van der Waals surface area contributed by atoms with E-state index in [0.29, 0.717) is 31.4 Å². The molecule has 0 bridgehead atoms. The summed E-state index contributed by atoms with van der Waals surface area (Å²) in [6.07, 6.45) is 1.49. The zero-order valence-electron chi connectivity index (χ0n) is 22.4. The molecule has 3 amide bonds. The number of halogens is 1. The maximum Gasteiger partial charge on any atom is 0.251 e. The van der Waals surface area contributed by atoms with E-state index in [1.165, 1.54) is 4.90 Å². The quantitative estimate of drug-likeness (QED) is 0.182. The molecule has 1 saturated heterocycles. The second-order valence-corrected chi connectivity index (χ2v) is 10.1. The van der Waals surface area contributed by atoms with E-state index in [0.717, 1.165) is 10.8 Å². The van der Waals surface area contributed by atoms with Crippen LogP contribution in [0.15, 0.2) is 47.5 Å². The van der Waals surface area contributed by atoms with Crippen LogP contribution in [0.2, 0.25) is 0 Å². The molecule has 1 heterocycles. The summed E-state index contributed by atoms with van der Waals surface area (Å²) in [6, 6.07) is 10.3. The molecule has 2 aromatic carbocycles.